The maximum atomic E-state index is 13.7. The van der Waals surface area contributed by atoms with Gasteiger partial charge in [0.05, 0.1) is 5.57 Å². The number of allylic oxidation sites excluding steroid dienone is 1. The van der Waals surface area contributed by atoms with Crippen molar-refractivity contribution in [3.8, 4) is 5.75 Å². The summed E-state index contributed by atoms with van der Waals surface area (Å²) in [4.78, 5) is 18.5. The van der Waals surface area contributed by atoms with Crippen LogP contribution in [0.5, 0.6) is 5.75 Å². The number of ether oxygens (including phenoxy) is 2. The van der Waals surface area contributed by atoms with Crippen LogP contribution < -0.4 is 10.1 Å². The molecule has 2 aliphatic rings. The number of rotatable bonds is 9. The number of carbonyl (C=O) groups is 1. The highest BCUT2D eigenvalue weighted by Crippen LogP contribution is 2.38. The number of halogens is 2. The lowest BCUT2D eigenvalue weighted by Crippen LogP contribution is -2.32. The number of hydrogen-bond donors (Lipinski definition) is 1. The average Bonchev–Trinajstić information content (AvgIpc) is 3.43. The van der Waals surface area contributed by atoms with Gasteiger partial charge in [-0.05, 0) is 79.6 Å². The zero-order valence-electron chi connectivity index (χ0n) is 23.8. The Kier molecular flexibility index (Phi) is 9.40. The summed E-state index contributed by atoms with van der Waals surface area (Å²) < 4.78 is 14.9. The minimum atomic E-state index is -0.505. The van der Waals surface area contributed by atoms with Crippen molar-refractivity contribution in [3.63, 3.8) is 0 Å². The molecule has 0 radical (unpaired) electrons. The predicted molar refractivity (Wildman–Crippen MR) is 173 cm³/mol. The highest BCUT2D eigenvalue weighted by atomic mass is 79.9. The second-order valence-electron chi connectivity index (χ2n) is 10.8. The number of nitrogens with one attached hydrogen (secondary N) is 1. The molecule has 1 aromatic heterocycles. The van der Waals surface area contributed by atoms with Gasteiger partial charge in [0.15, 0.2) is 0 Å². The SMILES string of the molecule is CC1=C(C(=O)OC2CCCCC2)C(c2ccc(OCc3ccc(Br)cc3)cc2)n2nc(SCc3ccccc3Cl)nc2N1. The summed E-state index contributed by atoms with van der Waals surface area (Å²) in [5, 5.41) is 9.48. The minimum absolute atomic E-state index is 0.0598. The van der Waals surface area contributed by atoms with Gasteiger partial charge in [0.25, 0.3) is 0 Å². The zero-order chi connectivity index (χ0) is 29.8. The molecule has 2 heterocycles. The Hall–Kier alpha value is -3.27. The number of hydrogen-bond acceptors (Lipinski definition) is 7. The molecule has 7 nitrogen and oxygen atoms in total. The molecule has 3 aromatic carbocycles. The summed E-state index contributed by atoms with van der Waals surface area (Å²) in [5.41, 5.74) is 4.22. The highest BCUT2D eigenvalue weighted by Gasteiger charge is 2.36. The van der Waals surface area contributed by atoms with Crippen LogP contribution in [0.2, 0.25) is 5.02 Å². The van der Waals surface area contributed by atoms with E-state index in [4.69, 9.17) is 31.2 Å². The average molecular weight is 680 g/mol. The van der Waals surface area contributed by atoms with Crippen molar-refractivity contribution in [2.75, 3.05) is 5.32 Å². The summed E-state index contributed by atoms with van der Waals surface area (Å²) in [6, 6.07) is 23.1. The van der Waals surface area contributed by atoms with Crippen molar-refractivity contribution >= 4 is 51.2 Å². The molecular formula is C33H32BrClN4O3S. The topological polar surface area (TPSA) is 78.3 Å². The van der Waals surface area contributed by atoms with Gasteiger partial charge in [0, 0.05) is 20.9 Å². The van der Waals surface area contributed by atoms with Gasteiger partial charge in [-0.3, -0.25) is 0 Å². The summed E-state index contributed by atoms with van der Waals surface area (Å²) in [7, 11) is 0. The van der Waals surface area contributed by atoms with Crippen molar-refractivity contribution in [2.24, 2.45) is 0 Å². The van der Waals surface area contributed by atoms with Crippen LogP contribution in [-0.2, 0) is 21.9 Å². The molecule has 1 aliphatic carbocycles. The van der Waals surface area contributed by atoms with E-state index in [9.17, 15) is 4.79 Å². The molecule has 1 aliphatic heterocycles. The first-order valence-electron chi connectivity index (χ1n) is 14.4. The number of benzene rings is 3. The molecule has 1 unspecified atom stereocenters. The van der Waals surface area contributed by atoms with Crippen LogP contribution in [0.3, 0.4) is 0 Å². The van der Waals surface area contributed by atoms with Gasteiger partial charge in [-0.2, -0.15) is 4.98 Å². The van der Waals surface area contributed by atoms with Crippen LogP contribution in [0.4, 0.5) is 5.95 Å². The second-order valence-corrected chi connectivity index (χ2v) is 13.0. The third-order valence-corrected chi connectivity index (χ3v) is 9.49. The minimum Gasteiger partial charge on any atom is -0.489 e. The van der Waals surface area contributed by atoms with E-state index in [0.29, 0.717) is 39.8 Å². The standard InChI is InChI=1S/C33H32BrClN4O3S/c1-21-29(31(40)42-27-8-3-2-4-9-27)30(23-13-17-26(18-14-23)41-19-22-11-15-25(34)16-12-22)39-32(36-21)37-33(38-39)43-20-24-7-5-6-10-28(24)35/h5-7,10-18,27,30H,2-4,8-9,19-20H2,1H3,(H,36,37,38). The Morgan fingerprint density at radius 3 is 2.53 bits per heavy atom. The number of aromatic nitrogens is 3. The molecule has 1 N–H and O–H groups in total. The smallest absolute Gasteiger partial charge is 0.338 e. The van der Waals surface area contributed by atoms with Gasteiger partial charge in [-0.15, -0.1) is 5.10 Å². The number of esters is 1. The predicted octanol–water partition coefficient (Wildman–Crippen LogP) is 8.73. The summed E-state index contributed by atoms with van der Waals surface area (Å²) in [6.45, 7) is 2.35. The Labute approximate surface area is 269 Å². The first-order chi connectivity index (χ1) is 20.9. The Bertz CT molecular complexity index is 1620. The van der Waals surface area contributed by atoms with Crippen LogP contribution >= 0.6 is 39.3 Å². The number of fused-ring (bicyclic) bond motifs is 1. The van der Waals surface area contributed by atoms with Gasteiger partial charge >= 0.3 is 5.97 Å². The van der Waals surface area contributed by atoms with Crippen LogP contribution in [0.15, 0.2) is 93.7 Å². The number of nitrogens with zero attached hydrogens (tertiary/aromatic N) is 3. The van der Waals surface area contributed by atoms with Crippen LogP contribution in [0, 0.1) is 0 Å². The largest absolute Gasteiger partial charge is 0.489 e. The van der Waals surface area contributed by atoms with E-state index >= 15 is 0 Å². The van der Waals surface area contributed by atoms with Gasteiger partial charge in [-0.25, -0.2) is 9.48 Å². The molecule has 4 aromatic rings. The van der Waals surface area contributed by atoms with E-state index in [1.165, 1.54) is 18.2 Å². The van der Waals surface area contributed by atoms with Crippen molar-refractivity contribution < 1.29 is 14.3 Å². The Balaban J connectivity index is 1.27. The lowest BCUT2D eigenvalue weighted by atomic mass is 9.95. The van der Waals surface area contributed by atoms with Crippen molar-refractivity contribution in [1.82, 2.24) is 14.8 Å². The molecule has 1 saturated carbocycles. The highest BCUT2D eigenvalue weighted by molar-refractivity contribution is 9.10. The molecular weight excluding hydrogens is 648 g/mol. The lowest BCUT2D eigenvalue weighted by Gasteiger charge is -2.30. The molecule has 222 valence electrons. The van der Waals surface area contributed by atoms with E-state index in [2.05, 4.69) is 21.2 Å². The third kappa shape index (κ3) is 7.11. The molecule has 0 spiro atoms. The Morgan fingerprint density at radius 2 is 1.79 bits per heavy atom. The van der Waals surface area contributed by atoms with Crippen molar-refractivity contribution in [1.29, 1.82) is 0 Å². The van der Waals surface area contributed by atoms with Crippen molar-refractivity contribution in [3.05, 3.63) is 110 Å². The molecule has 10 heteroatoms. The maximum Gasteiger partial charge on any atom is 0.338 e. The van der Waals surface area contributed by atoms with Crippen LogP contribution in [0.25, 0.3) is 0 Å². The monoisotopic (exact) mass is 678 g/mol. The summed E-state index contributed by atoms with van der Waals surface area (Å²) in [5.74, 6) is 1.63. The first kappa shape index (κ1) is 29.8. The van der Waals surface area contributed by atoms with Crippen molar-refractivity contribution in [2.45, 2.75) is 68.7 Å². The molecule has 43 heavy (non-hydrogen) atoms. The normalized spacial score (nSPS) is 16.9. The number of carbonyl (C=O) groups excluding carboxylic acids is 1. The number of anilines is 1. The summed E-state index contributed by atoms with van der Waals surface area (Å²) in [6.07, 6.45) is 5.09. The van der Waals surface area contributed by atoms with Gasteiger partial charge < -0.3 is 14.8 Å². The van der Waals surface area contributed by atoms with E-state index in [0.717, 1.165) is 52.6 Å². The second kappa shape index (κ2) is 13.6. The van der Waals surface area contributed by atoms with E-state index in [1.807, 2.05) is 79.7 Å². The van der Waals surface area contributed by atoms with Gasteiger partial charge in [-0.1, -0.05) is 88.2 Å². The molecule has 1 fully saturated rings. The van der Waals surface area contributed by atoms with E-state index in [-0.39, 0.29) is 12.1 Å². The molecule has 1 atom stereocenters. The van der Waals surface area contributed by atoms with Gasteiger partial charge in [0.2, 0.25) is 11.1 Å². The van der Waals surface area contributed by atoms with E-state index in [1.54, 1.807) is 4.68 Å². The fourth-order valence-electron chi connectivity index (χ4n) is 5.41. The third-order valence-electron chi connectivity index (χ3n) is 7.71. The molecule has 0 bridgehead atoms. The maximum absolute atomic E-state index is 13.7. The molecule has 6 rings (SSSR count). The fraction of sp³-hybridized carbons (Fsp3) is 0.303. The quantitative estimate of drug-likeness (QED) is 0.140. The lowest BCUT2D eigenvalue weighted by molar-refractivity contribution is -0.146. The van der Waals surface area contributed by atoms with Crippen LogP contribution in [0.1, 0.15) is 61.8 Å². The molecule has 0 amide bonds. The van der Waals surface area contributed by atoms with E-state index < -0.39 is 6.04 Å². The Morgan fingerprint density at radius 1 is 1.05 bits per heavy atom. The number of thioether (sulfide) groups is 1. The van der Waals surface area contributed by atoms with Crippen LogP contribution in [-0.4, -0.2) is 26.8 Å². The first-order valence-corrected chi connectivity index (χ1v) is 16.6. The zero-order valence-corrected chi connectivity index (χ0v) is 26.9. The van der Waals surface area contributed by atoms with Gasteiger partial charge in [0.1, 0.15) is 24.5 Å². The summed E-state index contributed by atoms with van der Waals surface area (Å²) >= 11 is 11.4. The fourth-order valence-corrected chi connectivity index (χ4v) is 6.79. The molecule has 0 saturated heterocycles.